The molecule has 0 aliphatic heterocycles. The van der Waals surface area contributed by atoms with E-state index in [-0.39, 0.29) is 12.1 Å². The van der Waals surface area contributed by atoms with Gasteiger partial charge in [0.1, 0.15) is 0 Å². The molecule has 0 heterocycles. The van der Waals surface area contributed by atoms with Crippen LogP contribution in [0, 0.1) is 0 Å². The monoisotopic (exact) mass is 279 g/mol. The fraction of sp³-hybridized carbons (Fsp3) is 0.647. The summed E-state index contributed by atoms with van der Waals surface area (Å²) in [4.78, 5) is 0. The molecule has 2 unspecified atom stereocenters. The lowest BCUT2D eigenvalue weighted by Gasteiger charge is -2.21. The third-order valence-corrected chi connectivity index (χ3v) is 3.34. The number of likely N-dealkylation sites (N-methyl/N-ethyl adjacent to an activating group) is 1. The van der Waals surface area contributed by atoms with E-state index < -0.39 is 0 Å². The van der Waals surface area contributed by atoms with Gasteiger partial charge in [0.25, 0.3) is 0 Å². The highest BCUT2D eigenvalue weighted by Crippen LogP contribution is 2.15. The zero-order chi connectivity index (χ0) is 14.8. The van der Waals surface area contributed by atoms with Gasteiger partial charge in [0.2, 0.25) is 0 Å². The first kappa shape index (κ1) is 17.2. The number of ether oxygens (including phenoxy) is 2. The number of aryl methyl sites for hydroxylation is 1. The molecule has 0 aromatic heterocycles. The van der Waals surface area contributed by atoms with E-state index in [9.17, 15) is 0 Å². The minimum absolute atomic E-state index is 0.131. The van der Waals surface area contributed by atoms with Crippen LogP contribution in [-0.4, -0.2) is 32.5 Å². The lowest BCUT2D eigenvalue weighted by Crippen LogP contribution is -2.28. The zero-order valence-electron chi connectivity index (χ0n) is 13.3. The molecule has 0 saturated heterocycles. The molecule has 0 saturated carbocycles. The molecule has 114 valence electrons. The molecule has 0 fully saturated rings. The fourth-order valence-electron chi connectivity index (χ4n) is 2.10. The molecule has 20 heavy (non-hydrogen) atoms. The first-order chi connectivity index (χ1) is 9.71. The first-order valence-electron chi connectivity index (χ1n) is 7.72. The van der Waals surface area contributed by atoms with Gasteiger partial charge in [0.15, 0.2) is 0 Å². The second-order valence-electron chi connectivity index (χ2n) is 5.01. The highest BCUT2D eigenvalue weighted by molar-refractivity contribution is 5.25. The van der Waals surface area contributed by atoms with Crippen molar-refractivity contribution in [3.63, 3.8) is 0 Å². The van der Waals surface area contributed by atoms with E-state index in [4.69, 9.17) is 9.47 Å². The summed E-state index contributed by atoms with van der Waals surface area (Å²) in [6.45, 7) is 11.4. The molecule has 0 radical (unpaired) electrons. The Kier molecular flexibility index (Phi) is 8.51. The SMILES string of the molecule is CCNC(COC(C)COCC)c1ccc(CC)cc1. The second-order valence-corrected chi connectivity index (χ2v) is 5.01. The molecule has 0 spiro atoms. The molecule has 0 amide bonds. The van der Waals surface area contributed by atoms with Gasteiger partial charge < -0.3 is 14.8 Å². The summed E-state index contributed by atoms with van der Waals surface area (Å²) in [5.41, 5.74) is 2.65. The maximum Gasteiger partial charge on any atom is 0.0781 e. The van der Waals surface area contributed by atoms with Crippen LogP contribution < -0.4 is 5.32 Å². The van der Waals surface area contributed by atoms with Crippen molar-refractivity contribution in [3.05, 3.63) is 35.4 Å². The summed E-state index contributed by atoms with van der Waals surface area (Å²) in [6, 6.07) is 9.04. The Morgan fingerprint density at radius 3 is 2.30 bits per heavy atom. The molecule has 1 aromatic rings. The summed E-state index contributed by atoms with van der Waals surface area (Å²) in [7, 11) is 0. The third-order valence-electron chi connectivity index (χ3n) is 3.34. The van der Waals surface area contributed by atoms with E-state index in [0.717, 1.165) is 19.6 Å². The summed E-state index contributed by atoms with van der Waals surface area (Å²) in [5.74, 6) is 0. The molecular weight excluding hydrogens is 250 g/mol. The van der Waals surface area contributed by atoms with Crippen molar-refractivity contribution in [2.45, 2.75) is 46.3 Å². The van der Waals surface area contributed by atoms with Crippen molar-refractivity contribution in [1.82, 2.24) is 5.32 Å². The molecule has 0 bridgehead atoms. The standard InChI is InChI=1S/C17H29NO2/c1-5-15-8-10-16(11-9-15)17(18-6-2)13-20-14(4)12-19-7-3/h8-11,14,17-18H,5-7,12-13H2,1-4H3. The van der Waals surface area contributed by atoms with Gasteiger partial charge in [0.05, 0.1) is 25.4 Å². The Bertz CT molecular complexity index is 351. The summed E-state index contributed by atoms with van der Waals surface area (Å²) >= 11 is 0. The highest BCUT2D eigenvalue weighted by atomic mass is 16.5. The van der Waals surface area contributed by atoms with Crippen LogP contribution in [-0.2, 0) is 15.9 Å². The van der Waals surface area contributed by atoms with Crippen LogP contribution >= 0.6 is 0 Å². The van der Waals surface area contributed by atoms with Crippen LogP contribution in [0.1, 0.15) is 44.9 Å². The number of rotatable bonds is 10. The van der Waals surface area contributed by atoms with Gasteiger partial charge >= 0.3 is 0 Å². The van der Waals surface area contributed by atoms with E-state index in [1.165, 1.54) is 11.1 Å². The zero-order valence-corrected chi connectivity index (χ0v) is 13.3. The number of hydrogen-bond acceptors (Lipinski definition) is 3. The molecule has 3 nitrogen and oxygen atoms in total. The van der Waals surface area contributed by atoms with Crippen molar-refractivity contribution in [1.29, 1.82) is 0 Å². The predicted molar refractivity (Wildman–Crippen MR) is 84.1 cm³/mol. The van der Waals surface area contributed by atoms with Crippen molar-refractivity contribution in [2.75, 3.05) is 26.4 Å². The van der Waals surface area contributed by atoms with Crippen molar-refractivity contribution in [2.24, 2.45) is 0 Å². The van der Waals surface area contributed by atoms with Crippen LogP contribution in [0.4, 0.5) is 0 Å². The van der Waals surface area contributed by atoms with Crippen LogP contribution in [0.5, 0.6) is 0 Å². The number of nitrogens with one attached hydrogen (secondary N) is 1. The van der Waals surface area contributed by atoms with Crippen molar-refractivity contribution >= 4 is 0 Å². The largest absolute Gasteiger partial charge is 0.379 e. The second kappa shape index (κ2) is 9.92. The van der Waals surface area contributed by atoms with E-state index in [1.54, 1.807) is 0 Å². The topological polar surface area (TPSA) is 30.5 Å². The van der Waals surface area contributed by atoms with Gasteiger partial charge in [-0.25, -0.2) is 0 Å². The summed E-state index contributed by atoms with van der Waals surface area (Å²) < 4.78 is 11.3. The van der Waals surface area contributed by atoms with Gasteiger partial charge in [-0.3, -0.25) is 0 Å². The Hall–Kier alpha value is -0.900. The molecule has 0 aliphatic rings. The van der Waals surface area contributed by atoms with Crippen LogP contribution in [0.2, 0.25) is 0 Å². The summed E-state index contributed by atoms with van der Waals surface area (Å²) in [5, 5.41) is 3.48. The fourth-order valence-corrected chi connectivity index (χ4v) is 2.10. The summed E-state index contributed by atoms with van der Waals surface area (Å²) in [6.07, 6.45) is 1.21. The van der Waals surface area contributed by atoms with Gasteiger partial charge in [-0.05, 0) is 37.9 Å². The van der Waals surface area contributed by atoms with Gasteiger partial charge in [0, 0.05) is 6.61 Å². The highest BCUT2D eigenvalue weighted by Gasteiger charge is 2.12. The maximum atomic E-state index is 5.88. The molecule has 2 atom stereocenters. The van der Waals surface area contributed by atoms with Crippen LogP contribution in [0.15, 0.2) is 24.3 Å². The average molecular weight is 279 g/mol. The molecule has 0 aliphatic carbocycles. The maximum absolute atomic E-state index is 5.88. The van der Waals surface area contributed by atoms with E-state index in [1.807, 2.05) is 6.92 Å². The minimum Gasteiger partial charge on any atom is -0.379 e. The quantitative estimate of drug-likeness (QED) is 0.712. The number of benzene rings is 1. The molecule has 1 rings (SSSR count). The lowest BCUT2D eigenvalue weighted by atomic mass is 10.0. The Morgan fingerprint density at radius 2 is 1.75 bits per heavy atom. The molecular formula is C17H29NO2. The third kappa shape index (κ3) is 6.04. The Labute approximate surface area is 123 Å². The van der Waals surface area contributed by atoms with E-state index in [2.05, 4.69) is 50.4 Å². The molecule has 1 aromatic carbocycles. The Balaban J connectivity index is 2.54. The Morgan fingerprint density at radius 1 is 1.05 bits per heavy atom. The minimum atomic E-state index is 0.131. The van der Waals surface area contributed by atoms with Gasteiger partial charge in [-0.2, -0.15) is 0 Å². The van der Waals surface area contributed by atoms with Gasteiger partial charge in [-0.1, -0.05) is 38.1 Å². The van der Waals surface area contributed by atoms with Crippen molar-refractivity contribution < 1.29 is 9.47 Å². The molecule has 3 heteroatoms. The van der Waals surface area contributed by atoms with Crippen molar-refractivity contribution in [3.8, 4) is 0 Å². The predicted octanol–water partition coefficient (Wildman–Crippen LogP) is 3.34. The van der Waals surface area contributed by atoms with Crippen LogP contribution in [0.3, 0.4) is 0 Å². The number of hydrogen-bond donors (Lipinski definition) is 1. The van der Waals surface area contributed by atoms with Crippen LogP contribution in [0.25, 0.3) is 0 Å². The average Bonchev–Trinajstić information content (AvgIpc) is 2.49. The van der Waals surface area contributed by atoms with E-state index >= 15 is 0 Å². The lowest BCUT2D eigenvalue weighted by molar-refractivity contribution is -0.0115. The van der Waals surface area contributed by atoms with E-state index in [0.29, 0.717) is 13.2 Å². The smallest absolute Gasteiger partial charge is 0.0781 e. The normalized spacial score (nSPS) is 14.2. The first-order valence-corrected chi connectivity index (χ1v) is 7.72. The molecule has 1 N–H and O–H groups in total. The van der Waals surface area contributed by atoms with Gasteiger partial charge in [-0.15, -0.1) is 0 Å².